The number of nitrogens with one attached hydrogen (secondary N) is 1. The molecule has 5 heteroatoms. The number of hydrogen-bond acceptors (Lipinski definition) is 4. The maximum atomic E-state index is 6.24. The Kier molecular flexibility index (Phi) is 3.54. The number of rotatable bonds is 3. The van der Waals surface area contributed by atoms with Crippen LogP contribution in [0.4, 0.5) is 5.69 Å². The number of nitrogens with zero attached hydrogens (tertiary/aromatic N) is 2. The summed E-state index contributed by atoms with van der Waals surface area (Å²) in [5, 5.41) is 5.31. The van der Waals surface area contributed by atoms with Crippen molar-refractivity contribution in [2.45, 2.75) is 12.0 Å². The lowest BCUT2D eigenvalue weighted by atomic mass is 9.98. The second kappa shape index (κ2) is 5.20. The number of likely N-dealkylation sites (tertiary alicyclic amines) is 1. The molecule has 1 unspecified atom stereocenters. The van der Waals surface area contributed by atoms with Crippen LogP contribution in [0.15, 0.2) is 30.5 Å². The molecule has 1 aliphatic rings. The zero-order valence-corrected chi connectivity index (χ0v) is 12.3. The van der Waals surface area contributed by atoms with E-state index in [1.807, 2.05) is 24.3 Å². The van der Waals surface area contributed by atoms with E-state index in [0.29, 0.717) is 6.54 Å². The molecule has 0 spiro atoms. The maximum absolute atomic E-state index is 6.24. The van der Waals surface area contributed by atoms with Gasteiger partial charge in [-0.05, 0) is 37.7 Å². The average Bonchev–Trinajstić information content (AvgIpc) is 2.84. The standard InChI is InChI=1S/C15H19ClN4/c1-20-8-6-15(9-17,10-20)19-13-5-4-12(16)11-3-2-7-18-14(11)13/h2-5,7,19H,6,8-10,17H2,1H3. The fourth-order valence-electron chi connectivity index (χ4n) is 2.92. The first-order valence-electron chi connectivity index (χ1n) is 6.84. The van der Waals surface area contributed by atoms with E-state index in [9.17, 15) is 0 Å². The molecule has 2 aromatic rings. The van der Waals surface area contributed by atoms with E-state index in [1.54, 1.807) is 6.20 Å². The van der Waals surface area contributed by atoms with Crippen molar-refractivity contribution >= 4 is 28.2 Å². The van der Waals surface area contributed by atoms with Gasteiger partial charge in [0, 0.05) is 31.2 Å². The SMILES string of the molecule is CN1CCC(CN)(Nc2ccc(Cl)c3cccnc23)C1. The largest absolute Gasteiger partial charge is 0.375 e. The summed E-state index contributed by atoms with van der Waals surface area (Å²) in [4.78, 5) is 6.76. The van der Waals surface area contributed by atoms with Crippen LogP contribution in [-0.2, 0) is 0 Å². The quantitative estimate of drug-likeness (QED) is 0.911. The number of halogens is 1. The fourth-order valence-corrected chi connectivity index (χ4v) is 3.14. The van der Waals surface area contributed by atoms with E-state index in [-0.39, 0.29) is 5.54 Å². The molecule has 0 aliphatic carbocycles. The summed E-state index contributed by atoms with van der Waals surface area (Å²) in [5.74, 6) is 0. The zero-order valence-electron chi connectivity index (χ0n) is 11.6. The van der Waals surface area contributed by atoms with Crippen molar-refractivity contribution in [3.8, 4) is 0 Å². The number of benzene rings is 1. The Hall–Kier alpha value is -1.36. The van der Waals surface area contributed by atoms with Gasteiger partial charge in [0.1, 0.15) is 0 Å². The summed E-state index contributed by atoms with van der Waals surface area (Å²) in [5.41, 5.74) is 7.85. The molecular formula is C15H19ClN4. The lowest BCUT2D eigenvalue weighted by molar-refractivity contribution is 0.385. The van der Waals surface area contributed by atoms with Crippen LogP contribution in [-0.4, -0.2) is 42.1 Å². The maximum Gasteiger partial charge on any atom is 0.0948 e. The lowest BCUT2D eigenvalue weighted by Gasteiger charge is -2.30. The Balaban J connectivity index is 2.01. The van der Waals surface area contributed by atoms with Gasteiger partial charge in [0.25, 0.3) is 0 Å². The van der Waals surface area contributed by atoms with Crippen LogP contribution in [0.1, 0.15) is 6.42 Å². The first kappa shape index (κ1) is 13.6. The molecule has 1 aromatic heterocycles. The van der Waals surface area contributed by atoms with E-state index in [4.69, 9.17) is 17.3 Å². The van der Waals surface area contributed by atoms with Gasteiger partial charge in [-0.2, -0.15) is 0 Å². The Labute approximate surface area is 123 Å². The monoisotopic (exact) mass is 290 g/mol. The number of aromatic nitrogens is 1. The highest BCUT2D eigenvalue weighted by atomic mass is 35.5. The molecule has 3 N–H and O–H groups in total. The average molecular weight is 291 g/mol. The summed E-state index contributed by atoms with van der Waals surface area (Å²) in [6.07, 6.45) is 2.83. The molecule has 1 atom stereocenters. The van der Waals surface area contributed by atoms with Crippen LogP contribution in [0.3, 0.4) is 0 Å². The number of pyridine rings is 1. The van der Waals surface area contributed by atoms with Gasteiger partial charge in [-0.3, -0.25) is 4.98 Å². The van der Waals surface area contributed by atoms with E-state index in [2.05, 4.69) is 22.2 Å². The highest BCUT2D eigenvalue weighted by Crippen LogP contribution is 2.32. The summed E-state index contributed by atoms with van der Waals surface area (Å²) in [6.45, 7) is 2.61. The molecule has 0 amide bonds. The van der Waals surface area contributed by atoms with Gasteiger partial charge in [-0.1, -0.05) is 11.6 Å². The lowest BCUT2D eigenvalue weighted by Crippen LogP contribution is -2.47. The minimum absolute atomic E-state index is 0.0764. The third-order valence-corrected chi connectivity index (χ3v) is 4.38. The molecule has 2 heterocycles. The van der Waals surface area contributed by atoms with Crippen molar-refractivity contribution in [1.29, 1.82) is 0 Å². The van der Waals surface area contributed by atoms with Crippen LogP contribution >= 0.6 is 11.6 Å². The zero-order chi connectivity index (χ0) is 14.2. The number of likely N-dealkylation sites (N-methyl/N-ethyl adjacent to an activating group) is 1. The molecule has 1 fully saturated rings. The highest BCUT2D eigenvalue weighted by Gasteiger charge is 2.35. The molecule has 0 saturated carbocycles. The third-order valence-electron chi connectivity index (χ3n) is 4.05. The summed E-state index contributed by atoms with van der Waals surface area (Å²) in [7, 11) is 2.12. The second-order valence-electron chi connectivity index (χ2n) is 5.59. The molecule has 3 rings (SSSR count). The van der Waals surface area contributed by atoms with Gasteiger partial charge < -0.3 is 16.0 Å². The van der Waals surface area contributed by atoms with Crippen molar-refractivity contribution in [2.24, 2.45) is 5.73 Å². The van der Waals surface area contributed by atoms with E-state index >= 15 is 0 Å². The molecule has 106 valence electrons. The molecule has 1 saturated heterocycles. The summed E-state index contributed by atoms with van der Waals surface area (Å²) >= 11 is 6.24. The van der Waals surface area contributed by atoms with Crippen molar-refractivity contribution in [2.75, 3.05) is 32.0 Å². The molecule has 20 heavy (non-hydrogen) atoms. The molecule has 1 aromatic carbocycles. The number of hydrogen-bond donors (Lipinski definition) is 2. The first-order chi connectivity index (χ1) is 9.63. The van der Waals surface area contributed by atoms with Gasteiger partial charge in [-0.15, -0.1) is 0 Å². The second-order valence-corrected chi connectivity index (χ2v) is 6.00. The number of fused-ring (bicyclic) bond motifs is 1. The van der Waals surface area contributed by atoms with Gasteiger partial charge >= 0.3 is 0 Å². The van der Waals surface area contributed by atoms with Gasteiger partial charge in [0.2, 0.25) is 0 Å². The predicted molar refractivity (Wildman–Crippen MR) is 84.3 cm³/mol. The van der Waals surface area contributed by atoms with Crippen molar-refractivity contribution in [3.63, 3.8) is 0 Å². The molecule has 4 nitrogen and oxygen atoms in total. The Morgan fingerprint density at radius 3 is 3.00 bits per heavy atom. The van der Waals surface area contributed by atoms with Crippen molar-refractivity contribution in [3.05, 3.63) is 35.5 Å². The fraction of sp³-hybridized carbons (Fsp3) is 0.400. The number of anilines is 1. The van der Waals surface area contributed by atoms with E-state index in [0.717, 1.165) is 41.1 Å². The molecule has 0 bridgehead atoms. The van der Waals surface area contributed by atoms with Gasteiger partial charge in [0.15, 0.2) is 0 Å². The van der Waals surface area contributed by atoms with Crippen LogP contribution in [0.5, 0.6) is 0 Å². The van der Waals surface area contributed by atoms with Crippen molar-refractivity contribution in [1.82, 2.24) is 9.88 Å². The Bertz CT molecular complexity index is 630. The molecule has 0 radical (unpaired) electrons. The molecular weight excluding hydrogens is 272 g/mol. The minimum atomic E-state index is -0.0764. The summed E-state index contributed by atoms with van der Waals surface area (Å²) < 4.78 is 0. The smallest absolute Gasteiger partial charge is 0.0948 e. The third kappa shape index (κ3) is 2.35. The highest BCUT2D eigenvalue weighted by molar-refractivity contribution is 6.35. The predicted octanol–water partition coefficient (Wildman–Crippen LogP) is 2.33. The van der Waals surface area contributed by atoms with Gasteiger partial charge in [0.05, 0.1) is 21.8 Å². The Morgan fingerprint density at radius 2 is 2.30 bits per heavy atom. The van der Waals surface area contributed by atoms with Crippen molar-refractivity contribution < 1.29 is 0 Å². The van der Waals surface area contributed by atoms with E-state index in [1.165, 1.54) is 0 Å². The van der Waals surface area contributed by atoms with Crippen LogP contribution in [0.25, 0.3) is 10.9 Å². The number of nitrogens with two attached hydrogens (primary N) is 1. The first-order valence-corrected chi connectivity index (χ1v) is 7.21. The van der Waals surface area contributed by atoms with E-state index < -0.39 is 0 Å². The van der Waals surface area contributed by atoms with Crippen LogP contribution in [0.2, 0.25) is 5.02 Å². The van der Waals surface area contributed by atoms with Crippen LogP contribution < -0.4 is 11.1 Å². The van der Waals surface area contributed by atoms with Gasteiger partial charge in [-0.25, -0.2) is 0 Å². The topological polar surface area (TPSA) is 54.2 Å². The minimum Gasteiger partial charge on any atom is -0.375 e. The molecule has 1 aliphatic heterocycles. The van der Waals surface area contributed by atoms with Crippen LogP contribution in [0, 0.1) is 0 Å². The normalized spacial score (nSPS) is 23.4. The summed E-state index contributed by atoms with van der Waals surface area (Å²) in [6, 6.07) is 7.80. The Morgan fingerprint density at radius 1 is 1.45 bits per heavy atom.